The van der Waals surface area contributed by atoms with E-state index in [1.54, 1.807) is 13.8 Å². The van der Waals surface area contributed by atoms with Crippen LogP contribution in [0, 0.1) is 5.92 Å². The third-order valence-electron chi connectivity index (χ3n) is 15.3. The van der Waals surface area contributed by atoms with Crippen LogP contribution in [0.5, 0.6) is 0 Å². The van der Waals surface area contributed by atoms with Gasteiger partial charge in [-0.1, -0.05) is 128 Å². The highest BCUT2D eigenvalue weighted by atomic mass is 32.2. The molecule has 0 bridgehead atoms. The summed E-state index contributed by atoms with van der Waals surface area (Å²) in [6.45, 7) is 14.6. The first kappa shape index (κ1) is 51.2. The van der Waals surface area contributed by atoms with Gasteiger partial charge in [0.15, 0.2) is 5.79 Å². The van der Waals surface area contributed by atoms with Crippen molar-refractivity contribution in [3.63, 3.8) is 0 Å². The zero-order valence-electron chi connectivity index (χ0n) is 41.1. The summed E-state index contributed by atoms with van der Waals surface area (Å²) >= 11 is 0. The summed E-state index contributed by atoms with van der Waals surface area (Å²) < 4.78 is 82.5. The molecule has 1 atom stereocenters. The Labute approximate surface area is 398 Å². The molecule has 3 aromatic carbocycles. The van der Waals surface area contributed by atoms with Crippen molar-refractivity contribution in [3.8, 4) is 0 Å². The second-order valence-electron chi connectivity index (χ2n) is 21.6. The standard InChI is InChI=1S/C55H80O9S2/c1-38(2)45-34-48(39(3)4)52(65(57,58)64-30-28-55(61-31-32-62-55)47-21-15-10-16-22-47)49(35-45)40(5)33-41-23-25-44(26-24-41)51-37-46(42-17-11-8-12-18-42)36-50(43-19-13-9-14-20-43)53(51)66(59,60)63-29-27-54(6,7)56/h10,15-16,21-22,34-44,56H,8-9,11-14,17-20,23-33H2,1-7H3. The number of ether oxygens (including phenoxy) is 2. The van der Waals surface area contributed by atoms with E-state index in [9.17, 15) is 21.9 Å². The third-order valence-corrected chi connectivity index (χ3v) is 18.2. The smallest absolute Gasteiger partial charge is 0.297 e. The van der Waals surface area contributed by atoms with Crippen molar-refractivity contribution in [3.05, 3.63) is 93.5 Å². The van der Waals surface area contributed by atoms with E-state index in [4.69, 9.17) is 17.8 Å². The zero-order valence-corrected chi connectivity index (χ0v) is 42.7. The Bertz CT molecular complexity index is 2270. The lowest BCUT2D eigenvalue weighted by Gasteiger charge is -2.34. The normalized spacial score (nSPS) is 22.0. The van der Waals surface area contributed by atoms with Gasteiger partial charge in [0.2, 0.25) is 0 Å². The van der Waals surface area contributed by atoms with Gasteiger partial charge in [-0.15, -0.1) is 0 Å². The molecule has 1 unspecified atom stereocenters. The van der Waals surface area contributed by atoms with E-state index in [1.165, 1.54) is 31.2 Å². The fourth-order valence-corrected chi connectivity index (χ4v) is 14.5. The summed E-state index contributed by atoms with van der Waals surface area (Å²) in [5, 5.41) is 10.5. The zero-order chi connectivity index (χ0) is 47.3. The van der Waals surface area contributed by atoms with Gasteiger partial charge in [0, 0.05) is 18.4 Å². The van der Waals surface area contributed by atoms with Crippen LogP contribution >= 0.6 is 0 Å². The van der Waals surface area contributed by atoms with Crippen LogP contribution in [0.2, 0.25) is 0 Å². The Balaban J connectivity index is 1.16. The molecule has 7 rings (SSSR count). The van der Waals surface area contributed by atoms with Gasteiger partial charge in [0.05, 0.1) is 32.0 Å². The highest BCUT2D eigenvalue weighted by molar-refractivity contribution is 7.87. The Hall–Kier alpha value is -2.64. The summed E-state index contributed by atoms with van der Waals surface area (Å²) in [6.07, 6.45) is 16.1. The molecule has 9 nitrogen and oxygen atoms in total. The number of aliphatic hydroxyl groups is 1. The summed E-state index contributed by atoms with van der Waals surface area (Å²) in [6, 6.07) is 18.4. The van der Waals surface area contributed by atoms with Gasteiger partial charge in [-0.2, -0.15) is 16.8 Å². The van der Waals surface area contributed by atoms with Crippen LogP contribution in [0.15, 0.2) is 64.4 Å². The van der Waals surface area contributed by atoms with Crippen LogP contribution in [0.4, 0.5) is 0 Å². The van der Waals surface area contributed by atoms with E-state index >= 15 is 0 Å². The Kier molecular flexibility index (Phi) is 17.1. The lowest BCUT2D eigenvalue weighted by molar-refractivity contribution is -0.174. The van der Waals surface area contributed by atoms with Gasteiger partial charge in [0.1, 0.15) is 9.79 Å². The van der Waals surface area contributed by atoms with Crippen LogP contribution in [0.3, 0.4) is 0 Å². The van der Waals surface area contributed by atoms with Crippen molar-refractivity contribution < 1.29 is 39.8 Å². The average Bonchev–Trinajstić information content (AvgIpc) is 3.78. The Morgan fingerprint density at radius 2 is 1.18 bits per heavy atom. The lowest BCUT2D eigenvalue weighted by atomic mass is 9.72. The quantitative estimate of drug-likeness (QED) is 0.117. The maximum absolute atomic E-state index is 14.6. The molecule has 1 N–H and O–H groups in total. The molecule has 0 radical (unpaired) electrons. The second-order valence-corrected chi connectivity index (χ2v) is 24.7. The minimum absolute atomic E-state index is 0.0527. The summed E-state index contributed by atoms with van der Waals surface area (Å²) in [5.74, 6) is 0.0483. The molecular formula is C55H80O9S2. The van der Waals surface area contributed by atoms with Crippen molar-refractivity contribution in [2.75, 3.05) is 26.4 Å². The van der Waals surface area contributed by atoms with E-state index in [1.807, 2.05) is 30.3 Å². The molecule has 0 aromatic heterocycles. The summed E-state index contributed by atoms with van der Waals surface area (Å²) in [4.78, 5) is 0.697. The number of hydrogen-bond donors (Lipinski definition) is 1. The highest BCUT2D eigenvalue weighted by Gasteiger charge is 2.40. The first-order valence-corrected chi connectivity index (χ1v) is 28.4. The van der Waals surface area contributed by atoms with Crippen LogP contribution in [-0.4, -0.2) is 54.0 Å². The van der Waals surface area contributed by atoms with Crippen LogP contribution in [0.1, 0.15) is 232 Å². The van der Waals surface area contributed by atoms with E-state index in [0.29, 0.717) is 34.8 Å². The molecule has 1 aliphatic heterocycles. The molecule has 3 aliphatic carbocycles. The molecule has 366 valence electrons. The first-order chi connectivity index (χ1) is 31.4. The summed E-state index contributed by atoms with van der Waals surface area (Å²) in [5.41, 5.74) is 5.71. The molecule has 0 amide bonds. The van der Waals surface area contributed by atoms with Crippen LogP contribution in [-0.2, 0) is 43.9 Å². The first-order valence-electron chi connectivity index (χ1n) is 25.6. The molecule has 0 spiro atoms. The molecule has 1 saturated heterocycles. The molecule has 3 aromatic rings. The second kappa shape index (κ2) is 22.0. The molecular weight excluding hydrogens is 869 g/mol. The molecule has 1 heterocycles. The molecule has 4 aliphatic rings. The van der Waals surface area contributed by atoms with E-state index < -0.39 is 31.6 Å². The van der Waals surface area contributed by atoms with E-state index in [-0.39, 0.29) is 55.6 Å². The van der Waals surface area contributed by atoms with Crippen molar-refractivity contribution in [1.82, 2.24) is 0 Å². The van der Waals surface area contributed by atoms with Gasteiger partial charge in [-0.3, -0.25) is 8.37 Å². The SMILES string of the molecule is CC(C)c1cc(C(C)C)c(S(=O)(=O)OCCC2(c3ccccc3)OCCO2)c(C(C)CC2CCC(c3cc(C4CCCCC4)cc(C4CCCCC4)c3S(=O)(=O)OCCC(C)(C)O)CC2)c1. The van der Waals surface area contributed by atoms with Crippen LogP contribution in [0.25, 0.3) is 0 Å². The topological polar surface area (TPSA) is 125 Å². The molecule has 66 heavy (non-hydrogen) atoms. The monoisotopic (exact) mass is 949 g/mol. The van der Waals surface area contributed by atoms with Gasteiger partial charge >= 0.3 is 0 Å². The average molecular weight is 949 g/mol. The third kappa shape index (κ3) is 12.4. The predicted octanol–water partition coefficient (Wildman–Crippen LogP) is 13.4. The number of hydrogen-bond acceptors (Lipinski definition) is 9. The number of benzene rings is 3. The predicted molar refractivity (Wildman–Crippen MR) is 262 cm³/mol. The molecule has 3 saturated carbocycles. The fourth-order valence-electron chi connectivity index (χ4n) is 11.5. The molecule has 11 heteroatoms. The Morgan fingerprint density at radius 1 is 0.652 bits per heavy atom. The maximum Gasteiger partial charge on any atom is 0.297 e. The maximum atomic E-state index is 14.6. The van der Waals surface area contributed by atoms with E-state index in [2.05, 4.69) is 58.9 Å². The largest absolute Gasteiger partial charge is 0.390 e. The van der Waals surface area contributed by atoms with E-state index in [0.717, 1.165) is 104 Å². The number of rotatable bonds is 19. The van der Waals surface area contributed by atoms with Crippen LogP contribution < -0.4 is 0 Å². The minimum atomic E-state index is -4.20. The van der Waals surface area contributed by atoms with Crippen molar-refractivity contribution in [1.29, 1.82) is 0 Å². The van der Waals surface area contributed by atoms with Crippen molar-refractivity contribution in [2.24, 2.45) is 5.92 Å². The van der Waals surface area contributed by atoms with Gasteiger partial charge < -0.3 is 14.6 Å². The molecule has 4 fully saturated rings. The minimum Gasteiger partial charge on any atom is -0.390 e. The summed E-state index contributed by atoms with van der Waals surface area (Å²) in [7, 11) is -8.32. The highest BCUT2D eigenvalue weighted by Crippen LogP contribution is 2.49. The fraction of sp³-hybridized carbons (Fsp3) is 0.673. The van der Waals surface area contributed by atoms with Crippen molar-refractivity contribution in [2.45, 2.75) is 214 Å². The van der Waals surface area contributed by atoms with Gasteiger partial charge in [0.25, 0.3) is 20.2 Å². The Morgan fingerprint density at radius 3 is 1.74 bits per heavy atom. The lowest BCUT2D eigenvalue weighted by Crippen LogP contribution is -2.29. The van der Waals surface area contributed by atoms with Crippen molar-refractivity contribution >= 4 is 20.2 Å². The van der Waals surface area contributed by atoms with Gasteiger partial charge in [-0.05, 0) is 146 Å². The van der Waals surface area contributed by atoms with Gasteiger partial charge in [-0.25, -0.2) is 0 Å².